The highest BCUT2D eigenvalue weighted by molar-refractivity contribution is 5.97. The van der Waals surface area contributed by atoms with Crippen LogP contribution in [0.15, 0.2) is 42.5 Å². The van der Waals surface area contributed by atoms with Gasteiger partial charge in [-0.15, -0.1) is 0 Å². The molecule has 1 aromatic heterocycles. The summed E-state index contributed by atoms with van der Waals surface area (Å²) in [4.78, 5) is 28.1. The van der Waals surface area contributed by atoms with Crippen molar-refractivity contribution in [3.8, 4) is 5.69 Å². The van der Waals surface area contributed by atoms with Crippen molar-refractivity contribution in [1.29, 1.82) is 0 Å². The van der Waals surface area contributed by atoms with Crippen molar-refractivity contribution < 1.29 is 14.3 Å². The lowest BCUT2D eigenvalue weighted by Gasteiger charge is -2.23. The molecule has 8 nitrogen and oxygen atoms in total. The summed E-state index contributed by atoms with van der Waals surface area (Å²) in [5, 5.41) is 10.8. The number of nitrogens with zero attached hydrogens (tertiary/aromatic N) is 3. The molecule has 0 aliphatic rings. The second kappa shape index (κ2) is 12.3. The number of amides is 3. The first-order valence-corrected chi connectivity index (χ1v) is 13.0. The van der Waals surface area contributed by atoms with E-state index in [4.69, 9.17) is 9.84 Å². The molecular weight excluding hydrogens is 478 g/mol. The second-order valence-corrected chi connectivity index (χ2v) is 10.9. The number of rotatable bonds is 9. The number of urea groups is 1. The van der Waals surface area contributed by atoms with Gasteiger partial charge in [0.25, 0.3) is 0 Å². The van der Waals surface area contributed by atoms with Gasteiger partial charge in [0.15, 0.2) is 0 Å². The molecule has 0 radical (unpaired) electrons. The van der Waals surface area contributed by atoms with E-state index in [1.807, 2.05) is 64.1 Å². The van der Waals surface area contributed by atoms with Gasteiger partial charge in [-0.1, -0.05) is 50.6 Å². The normalized spacial score (nSPS) is 11.4. The Morgan fingerprint density at radius 1 is 1.00 bits per heavy atom. The number of methoxy groups -OCH3 is 1. The van der Waals surface area contributed by atoms with E-state index in [0.29, 0.717) is 25.4 Å². The minimum absolute atomic E-state index is 0.108. The van der Waals surface area contributed by atoms with Crippen LogP contribution in [-0.4, -0.2) is 53.4 Å². The second-order valence-electron chi connectivity index (χ2n) is 10.9. The van der Waals surface area contributed by atoms with Gasteiger partial charge in [0.1, 0.15) is 12.4 Å². The maximum Gasteiger partial charge on any atom is 0.322 e. The van der Waals surface area contributed by atoms with Gasteiger partial charge in [-0.25, -0.2) is 9.48 Å². The zero-order chi connectivity index (χ0) is 28.0. The molecule has 38 heavy (non-hydrogen) atoms. The highest BCUT2D eigenvalue weighted by Gasteiger charge is 2.24. The fraction of sp³-hybridized carbons (Fsp3) is 0.433. The van der Waals surface area contributed by atoms with Crippen molar-refractivity contribution in [1.82, 2.24) is 14.7 Å². The molecule has 0 spiro atoms. The molecule has 0 saturated heterocycles. The van der Waals surface area contributed by atoms with Crippen LogP contribution in [0, 0.1) is 27.7 Å². The smallest absolute Gasteiger partial charge is 0.322 e. The number of anilines is 2. The number of aryl methyl sites for hydroxylation is 3. The van der Waals surface area contributed by atoms with Crippen molar-refractivity contribution in [3.63, 3.8) is 0 Å². The number of benzene rings is 2. The van der Waals surface area contributed by atoms with Crippen molar-refractivity contribution in [2.75, 3.05) is 37.4 Å². The van der Waals surface area contributed by atoms with Crippen LogP contribution >= 0.6 is 0 Å². The van der Waals surface area contributed by atoms with Crippen molar-refractivity contribution in [2.45, 2.75) is 60.3 Å². The van der Waals surface area contributed by atoms with Crippen LogP contribution in [-0.2, 0) is 14.9 Å². The van der Waals surface area contributed by atoms with Crippen LogP contribution in [0.1, 0.15) is 55.1 Å². The van der Waals surface area contributed by atoms with E-state index in [1.54, 1.807) is 11.8 Å². The average molecular weight is 520 g/mol. The Bertz CT molecular complexity index is 1290. The van der Waals surface area contributed by atoms with Crippen molar-refractivity contribution in [2.24, 2.45) is 0 Å². The number of aromatic nitrogens is 2. The minimum Gasteiger partial charge on any atom is -0.385 e. The van der Waals surface area contributed by atoms with E-state index < -0.39 is 0 Å². The Balaban J connectivity index is 1.85. The molecule has 204 valence electrons. The van der Waals surface area contributed by atoms with Gasteiger partial charge in [-0.3, -0.25) is 4.79 Å². The van der Waals surface area contributed by atoms with Gasteiger partial charge in [0.05, 0.1) is 11.4 Å². The molecule has 3 aromatic rings. The Morgan fingerprint density at radius 3 is 2.39 bits per heavy atom. The Hall–Kier alpha value is -3.65. The summed E-state index contributed by atoms with van der Waals surface area (Å²) in [5.74, 6) is 0.267. The zero-order valence-electron chi connectivity index (χ0n) is 23.9. The average Bonchev–Trinajstić information content (AvgIpc) is 3.25. The van der Waals surface area contributed by atoms with Gasteiger partial charge in [0, 0.05) is 37.4 Å². The van der Waals surface area contributed by atoms with Crippen LogP contribution in [0.25, 0.3) is 5.69 Å². The molecule has 3 rings (SSSR count). The SMILES string of the molecule is COCCCN(CC(=O)Nc1cc(C(C)(C)C)nn1-c1ccc(C)cc1C)C(=O)Nc1cccc(C)c1C. The van der Waals surface area contributed by atoms with Crippen LogP contribution < -0.4 is 10.6 Å². The molecular formula is C30H41N5O3. The van der Waals surface area contributed by atoms with E-state index in [2.05, 4.69) is 37.5 Å². The van der Waals surface area contributed by atoms with E-state index in [0.717, 1.165) is 39.3 Å². The number of nitrogens with one attached hydrogen (secondary N) is 2. The van der Waals surface area contributed by atoms with Crippen molar-refractivity contribution in [3.05, 3.63) is 70.4 Å². The number of ether oxygens (including phenoxy) is 1. The van der Waals surface area contributed by atoms with Crippen LogP contribution in [0.3, 0.4) is 0 Å². The van der Waals surface area contributed by atoms with Crippen LogP contribution in [0.5, 0.6) is 0 Å². The van der Waals surface area contributed by atoms with Gasteiger partial charge in [0.2, 0.25) is 5.91 Å². The third-order valence-corrected chi connectivity index (χ3v) is 6.57. The fourth-order valence-electron chi connectivity index (χ4n) is 4.15. The number of hydrogen-bond acceptors (Lipinski definition) is 4. The molecule has 2 aromatic carbocycles. The predicted octanol–water partition coefficient (Wildman–Crippen LogP) is 5.91. The molecule has 0 saturated carbocycles. The molecule has 1 heterocycles. The van der Waals surface area contributed by atoms with E-state index >= 15 is 0 Å². The fourth-order valence-corrected chi connectivity index (χ4v) is 4.15. The predicted molar refractivity (Wildman–Crippen MR) is 153 cm³/mol. The Labute approximate surface area is 226 Å². The molecule has 0 bridgehead atoms. The largest absolute Gasteiger partial charge is 0.385 e. The zero-order valence-corrected chi connectivity index (χ0v) is 23.9. The molecule has 2 N–H and O–H groups in total. The van der Waals surface area contributed by atoms with Crippen LogP contribution in [0.4, 0.5) is 16.3 Å². The third kappa shape index (κ3) is 7.22. The van der Waals surface area contributed by atoms with E-state index in [-0.39, 0.29) is 23.9 Å². The van der Waals surface area contributed by atoms with E-state index in [1.165, 1.54) is 4.90 Å². The molecule has 0 atom stereocenters. The summed E-state index contributed by atoms with van der Waals surface area (Å²) < 4.78 is 6.95. The van der Waals surface area contributed by atoms with Gasteiger partial charge < -0.3 is 20.3 Å². The summed E-state index contributed by atoms with van der Waals surface area (Å²) in [6.45, 7) is 15.1. The summed E-state index contributed by atoms with van der Waals surface area (Å²) in [5.41, 5.74) is 6.56. The topological polar surface area (TPSA) is 88.5 Å². The highest BCUT2D eigenvalue weighted by atomic mass is 16.5. The molecule has 0 aliphatic carbocycles. The maximum atomic E-state index is 13.3. The molecule has 0 unspecified atom stereocenters. The van der Waals surface area contributed by atoms with Gasteiger partial charge in [-0.2, -0.15) is 5.10 Å². The Morgan fingerprint density at radius 2 is 1.74 bits per heavy atom. The minimum atomic E-state index is -0.330. The van der Waals surface area contributed by atoms with Crippen LogP contribution in [0.2, 0.25) is 0 Å². The summed E-state index contributed by atoms with van der Waals surface area (Å²) in [7, 11) is 1.62. The standard InChI is InChI=1S/C30H41N5O3/c1-20-13-14-25(22(3)17-20)35-27(18-26(33-35)30(5,6)7)32-28(36)19-34(15-10-16-38-8)29(37)31-24-12-9-11-21(2)23(24)4/h9,11-14,17-18H,10,15-16,19H2,1-8H3,(H,31,37)(H,32,36). The lowest BCUT2D eigenvalue weighted by atomic mass is 9.92. The third-order valence-electron chi connectivity index (χ3n) is 6.57. The lowest BCUT2D eigenvalue weighted by molar-refractivity contribution is -0.116. The number of hydrogen-bond donors (Lipinski definition) is 2. The first-order valence-electron chi connectivity index (χ1n) is 13.0. The number of carbonyl (C=O) groups excluding carboxylic acids is 2. The number of carbonyl (C=O) groups is 2. The first kappa shape index (κ1) is 28.9. The molecule has 0 aliphatic heterocycles. The van der Waals surface area contributed by atoms with Gasteiger partial charge >= 0.3 is 6.03 Å². The lowest BCUT2D eigenvalue weighted by Crippen LogP contribution is -2.41. The maximum absolute atomic E-state index is 13.3. The highest BCUT2D eigenvalue weighted by Crippen LogP contribution is 2.28. The van der Waals surface area contributed by atoms with Crippen molar-refractivity contribution >= 4 is 23.4 Å². The molecule has 3 amide bonds. The van der Waals surface area contributed by atoms with Gasteiger partial charge in [-0.05, 0) is 62.9 Å². The summed E-state index contributed by atoms with van der Waals surface area (Å²) in [6, 6.07) is 13.5. The molecule has 0 fully saturated rings. The first-order chi connectivity index (χ1) is 17.9. The summed E-state index contributed by atoms with van der Waals surface area (Å²) >= 11 is 0. The monoisotopic (exact) mass is 519 g/mol. The quantitative estimate of drug-likeness (QED) is 0.344. The summed E-state index contributed by atoms with van der Waals surface area (Å²) in [6.07, 6.45) is 0.610. The van der Waals surface area contributed by atoms with E-state index in [9.17, 15) is 9.59 Å². The Kier molecular flexibility index (Phi) is 9.33. The molecule has 8 heteroatoms.